The fraction of sp³-hybridized carbons (Fsp3) is 0.0417. The van der Waals surface area contributed by atoms with Gasteiger partial charge in [-0.3, -0.25) is 0 Å². The largest absolute Gasteiger partial charge is 0.351 e. The molecule has 0 saturated carbocycles. The van der Waals surface area contributed by atoms with Crippen LogP contribution in [0.25, 0.3) is 21.9 Å². The first kappa shape index (κ1) is 16.1. The maximum absolute atomic E-state index is 6.27. The van der Waals surface area contributed by atoms with Gasteiger partial charge in [-0.25, -0.2) is 4.99 Å². The van der Waals surface area contributed by atoms with Gasteiger partial charge < -0.3 is 5.32 Å². The summed E-state index contributed by atoms with van der Waals surface area (Å²) in [6.07, 6.45) is 0. The van der Waals surface area contributed by atoms with Crippen LogP contribution in [0.15, 0.2) is 96.0 Å². The van der Waals surface area contributed by atoms with E-state index in [1.165, 1.54) is 21.9 Å². The highest BCUT2D eigenvalue weighted by atomic mass is 35.5. The first-order chi connectivity index (χ1) is 13.3. The van der Waals surface area contributed by atoms with E-state index in [1.54, 1.807) is 0 Å². The molecule has 1 heterocycles. The van der Waals surface area contributed by atoms with Gasteiger partial charge >= 0.3 is 0 Å². The van der Waals surface area contributed by atoms with Gasteiger partial charge in [0.15, 0.2) is 5.62 Å². The molecule has 0 bridgehead atoms. The Bertz CT molecular complexity index is 1160. The average molecular weight is 369 g/mol. The highest BCUT2D eigenvalue weighted by Gasteiger charge is 2.19. The number of rotatable bonds is 2. The summed E-state index contributed by atoms with van der Waals surface area (Å²) in [5.41, 5.74) is 6.04. The van der Waals surface area contributed by atoms with E-state index in [0.717, 1.165) is 22.5 Å². The molecule has 2 nitrogen and oxygen atoms in total. The van der Waals surface area contributed by atoms with Gasteiger partial charge in [0, 0.05) is 16.8 Å². The van der Waals surface area contributed by atoms with Crippen molar-refractivity contribution in [2.24, 2.45) is 4.99 Å². The number of hydrogen-bond donors (Lipinski definition) is 1. The third kappa shape index (κ3) is 2.98. The lowest BCUT2D eigenvalue weighted by Gasteiger charge is -2.22. The molecule has 0 amide bonds. The van der Waals surface area contributed by atoms with Crippen molar-refractivity contribution in [2.45, 2.75) is 5.62 Å². The number of para-hydroxylation sites is 1. The van der Waals surface area contributed by atoms with Gasteiger partial charge in [-0.05, 0) is 34.0 Å². The van der Waals surface area contributed by atoms with Crippen LogP contribution in [0.1, 0.15) is 11.1 Å². The van der Waals surface area contributed by atoms with E-state index in [-0.39, 0.29) is 0 Å². The highest BCUT2D eigenvalue weighted by Crippen LogP contribution is 2.29. The van der Waals surface area contributed by atoms with Crippen LogP contribution >= 0.6 is 11.6 Å². The van der Waals surface area contributed by atoms with Crippen molar-refractivity contribution in [2.75, 3.05) is 5.32 Å². The first-order valence-corrected chi connectivity index (χ1v) is 9.39. The molecule has 5 rings (SSSR count). The fourth-order valence-corrected chi connectivity index (χ4v) is 3.79. The quantitative estimate of drug-likeness (QED) is 0.326. The zero-order chi connectivity index (χ0) is 18.2. The molecule has 4 aromatic carbocycles. The van der Waals surface area contributed by atoms with Crippen molar-refractivity contribution >= 4 is 33.8 Å². The lowest BCUT2D eigenvalue weighted by molar-refractivity contribution is 1.02. The minimum Gasteiger partial charge on any atom is -0.351 e. The number of hydrogen-bond acceptors (Lipinski definition) is 2. The van der Waals surface area contributed by atoms with Crippen LogP contribution in [0.2, 0.25) is 0 Å². The molecule has 0 aliphatic carbocycles. The maximum Gasteiger partial charge on any atom is 0.196 e. The summed E-state index contributed by atoms with van der Waals surface area (Å²) in [7, 11) is 0. The number of halogens is 1. The van der Waals surface area contributed by atoms with Crippen LogP contribution in [-0.4, -0.2) is 11.3 Å². The Morgan fingerprint density at radius 1 is 0.667 bits per heavy atom. The van der Waals surface area contributed by atoms with Crippen molar-refractivity contribution in [3.8, 4) is 11.1 Å². The van der Waals surface area contributed by atoms with E-state index in [0.29, 0.717) is 0 Å². The summed E-state index contributed by atoms with van der Waals surface area (Å²) in [6.45, 7) is 0. The molecule has 3 heteroatoms. The van der Waals surface area contributed by atoms with Gasteiger partial charge in [0.05, 0.1) is 5.71 Å². The second kappa shape index (κ2) is 6.57. The van der Waals surface area contributed by atoms with Crippen LogP contribution < -0.4 is 5.32 Å². The van der Waals surface area contributed by atoms with Crippen LogP contribution in [0.3, 0.4) is 0 Å². The van der Waals surface area contributed by atoms with Gasteiger partial charge in [0.1, 0.15) is 0 Å². The maximum atomic E-state index is 6.27. The number of fused-ring (bicyclic) bond motifs is 2. The standard InChI is InChI=1S/C24H17ClN2/c25-24-26-22-8-4-3-7-21(22)23(27-24)18-12-9-17(10-13-18)20-14-11-16-5-1-2-6-19(16)15-20/h1-15,24,26H. The van der Waals surface area contributed by atoms with Gasteiger partial charge in [0.25, 0.3) is 0 Å². The third-order valence-electron chi connectivity index (χ3n) is 4.94. The number of alkyl halides is 1. The topological polar surface area (TPSA) is 24.4 Å². The molecule has 27 heavy (non-hydrogen) atoms. The van der Waals surface area contributed by atoms with E-state index in [2.05, 4.69) is 83.1 Å². The van der Waals surface area contributed by atoms with Crippen molar-refractivity contribution in [3.05, 3.63) is 102 Å². The normalized spacial score (nSPS) is 15.7. The molecule has 0 aromatic heterocycles. The summed E-state index contributed by atoms with van der Waals surface area (Å²) < 4.78 is 0. The molecule has 1 N–H and O–H groups in total. The molecule has 4 aromatic rings. The van der Waals surface area contributed by atoms with Crippen molar-refractivity contribution in [1.82, 2.24) is 0 Å². The van der Waals surface area contributed by atoms with Gasteiger partial charge in [-0.1, -0.05) is 90.5 Å². The Kier molecular flexibility index (Phi) is 3.92. The summed E-state index contributed by atoms with van der Waals surface area (Å²) in [5.74, 6) is 0. The van der Waals surface area contributed by atoms with Crippen LogP contribution in [0.5, 0.6) is 0 Å². The molecule has 1 atom stereocenters. The Labute approximate surface area is 163 Å². The monoisotopic (exact) mass is 368 g/mol. The second-order valence-electron chi connectivity index (χ2n) is 6.64. The summed E-state index contributed by atoms with van der Waals surface area (Å²) in [6, 6.07) is 31.7. The SMILES string of the molecule is ClC1N=C(c2ccc(-c3ccc4ccccc4c3)cc2)c2ccccc2N1. The van der Waals surface area contributed by atoms with Gasteiger partial charge in [0.2, 0.25) is 0 Å². The number of anilines is 1. The highest BCUT2D eigenvalue weighted by molar-refractivity contribution is 6.26. The average Bonchev–Trinajstić information content (AvgIpc) is 2.73. The minimum absolute atomic E-state index is 0.449. The summed E-state index contributed by atoms with van der Waals surface area (Å²) in [5, 5.41) is 5.70. The van der Waals surface area contributed by atoms with E-state index < -0.39 is 5.62 Å². The molecule has 1 aliphatic rings. The van der Waals surface area contributed by atoms with Gasteiger partial charge in [-0.2, -0.15) is 0 Å². The molecule has 1 unspecified atom stereocenters. The van der Waals surface area contributed by atoms with Crippen LogP contribution in [0.4, 0.5) is 5.69 Å². The number of nitrogens with one attached hydrogen (secondary N) is 1. The van der Waals surface area contributed by atoms with E-state index in [1.807, 2.05) is 18.2 Å². The lowest BCUT2D eigenvalue weighted by atomic mass is 9.96. The second-order valence-corrected chi connectivity index (χ2v) is 7.06. The number of nitrogens with zero attached hydrogens (tertiary/aromatic N) is 1. The van der Waals surface area contributed by atoms with Crippen LogP contribution in [-0.2, 0) is 0 Å². The summed E-state index contributed by atoms with van der Waals surface area (Å²) >= 11 is 6.27. The minimum atomic E-state index is -0.449. The zero-order valence-electron chi connectivity index (χ0n) is 14.6. The van der Waals surface area contributed by atoms with Gasteiger partial charge in [-0.15, -0.1) is 0 Å². The Hall–Kier alpha value is -3.10. The predicted molar refractivity (Wildman–Crippen MR) is 115 cm³/mol. The summed E-state index contributed by atoms with van der Waals surface area (Å²) in [4.78, 5) is 4.61. The van der Waals surface area contributed by atoms with E-state index in [4.69, 9.17) is 11.6 Å². The third-order valence-corrected chi connectivity index (χ3v) is 5.15. The number of benzene rings is 4. The molecule has 0 saturated heterocycles. The van der Waals surface area contributed by atoms with E-state index in [9.17, 15) is 0 Å². The fourth-order valence-electron chi connectivity index (χ4n) is 3.58. The lowest BCUT2D eigenvalue weighted by Crippen LogP contribution is -2.21. The predicted octanol–water partition coefficient (Wildman–Crippen LogP) is 6.29. The Balaban J connectivity index is 1.53. The van der Waals surface area contributed by atoms with Crippen molar-refractivity contribution in [1.29, 1.82) is 0 Å². The Morgan fingerprint density at radius 2 is 1.33 bits per heavy atom. The van der Waals surface area contributed by atoms with Crippen LogP contribution in [0, 0.1) is 0 Å². The molecule has 0 spiro atoms. The molecule has 130 valence electrons. The molecular formula is C24H17ClN2. The first-order valence-electron chi connectivity index (χ1n) is 8.95. The Morgan fingerprint density at radius 3 is 2.19 bits per heavy atom. The van der Waals surface area contributed by atoms with Crippen molar-refractivity contribution in [3.63, 3.8) is 0 Å². The number of aliphatic imine (C=N–C) groups is 1. The smallest absolute Gasteiger partial charge is 0.196 e. The van der Waals surface area contributed by atoms with Crippen molar-refractivity contribution < 1.29 is 0 Å². The molecular weight excluding hydrogens is 352 g/mol. The molecule has 1 aliphatic heterocycles. The zero-order valence-corrected chi connectivity index (χ0v) is 15.3. The molecule has 0 radical (unpaired) electrons. The van der Waals surface area contributed by atoms with E-state index >= 15 is 0 Å². The molecule has 0 fully saturated rings.